The number of benzene rings is 1. The van der Waals surface area contributed by atoms with E-state index in [1.165, 1.54) is 0 Å². The molecule has 5 heteroatoms. The molecule has 0 spiro atoms. The third-order valence-corrected chi connectivity index (χ3v) is 3.99. The van der Waals surface area contributed by atoms with Gasteiger partial charge in [-0.3, -0.25) is 9.98 Å². The molecule has 2 N–H and O–H groups in total. The first-order valence-electron chi connectivity index (χ1n) is 8.03. The topological polar surface area (TPSA) is 62.5 Å². The van der Waals surface area contributed by atoms with Gasteiger partial charge in [0.05, 0.1) is 18.3 Å². The molecule has 5 nitrogen and oxygen atoms in total. The molecule has 0 fully saturated rings. The monoisotopic (exact) mass is 322 g/mol. The van der Waals surface area contributed by atoms with E-state index in [2.05, 4.69) is 46.6 Å². The number of aliphatic imine (C=N–C) groups is 1. The lowest BCUT2D eigenvalue weighted by atomic mass is 10.2. The van der Waals surface area contributed by atoms with Gasteiger partial charge in [-0.1, -0.05) is 24.3 Å². The van der Waals surface area contributed by atoms with Crippen LogP contribution >= 0.6 is 0 Å². The second-order valence-corrected chi connectivity index (χ2v) is 5.75. The minimum Gasteiger partial charge on any atom is -0.459 e. The normalized spacial score (nSPS) is 13.0. The molecule has 2 heterocycles. The highest BCUT2D eigenvalue weighted by Crippen LogP contribution is 2.23. The molecule has 1 aromatic carbocycles. The molecular formula is C19H22N4O. The standard InChI is InChI=1S/C19H22N4O/c1-13-7-6-10-21-16(13)12-22-19(20-3)23-14(2)18-11-15-8-4-5-9-17(15)24-18/h4-11,14H,12H2,1-3H3,(H2,20,22,23). The molecule has 24 heavy (non-hydrogen) atoms. The van der Waals surface area contributed by atoms with Crippen molar-refractivity contribution in [3.8, 4) is 0 Å². The number of aryl methyl sites for hydroxylation is 1. The molecule has 0 saturated heterocycles. The fraction of sp³-hybridized carbons (Fsp3) is 0.263. The molecular weight excluding hydrogens is 300 g/mol. The average Bonchev–Trinajstić information content (AvgIpc) is 3.04. The van der Waals surface area contributed by atoms with Gasteiger partial charge in [-0.15, -0.1) is 0 Å². The van der Waals surface area contributed by atoms with Crippen LogP contribution in [0.25, 0.3) is 11.0 Å². The third kappa shape index (κ3) is 3.56. The van der Waals surface area contributed by atoms with E-state index >= 15 is 0 Å². The number of guanidine groups is 1. The number of furan rings is 1. The summed E-state index contributed by atoms with van der Waals surface area (Å²) >= 11 is 0. The minimum absolute atomic E-state index is 0.00781. The van der Waals surface area contributed by atoms with Crippen LogP contribution in [0.5, 0.6) is 0 Å². The van der Waals surface area contributed by atoms with Crippen molar-refractivity contribution in [1.29, 1.82) is 0 Å². The van der Waals surface area contributed by atoms with Crippen molar-refractivity contribution in [3.63, 3.8) is 0 Å². The number of aromatic nitrogens is 1. The van der Waals surface area contributed by atoms with Crippen molar-refractivity contribution in [2.45, 2.75) is 26.4 Å². The molecule has 1 unspecified atom stereocenters. The van der Waals surface area contributed by atoms with E-state index in [0.29, 0.717) is 12.5 Å². The zero-order valence-corrected chi connectivity index (χ0v) is 14.2. The number of hydrogen-bond donors (Lipinski definition) is 2. The molecule has 1 atom stereocenters. The first-order valence-corrected chi connectivity index (χ1v) is 8.03. The van der Waals surface area contributed by atoms with E-state index in [1.54, 1.807) is 13.2 Å². The molecule has 0 aliphatic carbocycles. The Morgan fingerprint density at radius 3 is 2.83 bits per heavy atom. The summed E-state index contributed by atoms with van der Waals surface area (Å²) < 4.78 is 5.90. The van der Waals surface area contributed by atoms with Crippen LogP contribution in [0, 0.1) is 6.92 Å². The van der Waals surface area contributed by atoms with Crippen LogP contribution in [0.15, 0.2) is 58.1 Å². The predicted molar refractivity (Wildman–Crippen MR) is 96.9 cm³/mol. The van der Waals surface area contributed by atoms with Gasteiger partial charge < -0.3 is 15.1 Å². The molecule has 3 aromatic rings. The fourth-order valence-electron chi connectivity index (χ4n) is 2.56. The Kier molecular flexibility index (Phi) is 4.79. The molecule has 2 aromatic heterocycles. The second kappa shape index (κ2) is 7.17. The van der Waals surface area contributed by atoms with Gasteiger partial charge in [-0.2, -0.15) is 0 Å². The van der Waals surface area contributed by atoms with E-state index in [0.717, 1.165) is 28.0 Å². The van der Waals surface area contributed by atoms with Gasteiger partial charge in [0.15, 0.2) is 5.96 Å². The summed E-state index contributed by atoms with van der Waals surface area (Å²) in [6.07, 6.45) is 1.80. The van der Waals surface area contributed by atoms with E-state index < -0.39 is 0 Å². The number of pyridine rings is 1. The van der Waals surface area contributed by atoms with Gasteiger partial charge in [-0.25, -0.2) is 0 Å². The molecule has 0 bridgehead atoms. The number of rotatable bonds is 4. The number of fused-ring (bicyclic) bond motifs is 1. The molecule has 0 saturated carbocycles. The van der Waals surface area contributed by atoms with Crippen LogP contribution in [0.3, 0.4) is 0 Å². The summed E-state index contributed by atoms with van der Waals surface area (Å²) in [5.41, 5.74) is 3.07. The first kappa shape index (κ1) is 16.1. The van der Waals surface area contributed by atoms with E-state index in [9.17, 15) is 0 Å². The molecule has 124 valence electrons. The largest absolute Gasteiger partial charge is 0.459 e. The Labute approximate surface area is 141 Å². The quantitative estimate of drug-likeness (QED) is 0.569. The minimum atomic E-state index is 0.00781. The van der Waals surface area contributed by atoms with Crippen molar-refractivity contribution < 1.29 is 4.42 Å². The zero-order chi connectivity index (χ0) is 16.9. The van der Waals surface area contributed by atoms with Gasteiger partial charge in [0.25, 0.3) is 0 Å². The molecule has 0 radical (unpaired) electrons. The van der Waals surface area contributed by atoms with Crippen LogP contribution in [-0.2, 0) is 6.54 Å². The van der Waals surface area contributed by atoms with Crippen molar-refractivity contribution in [3.05, 3.63) is 65.7 Å². The molecule has 0 amide bonds. The first-order chi connectivity index (χ1) is 11.7. The van der Waals surface area contributed by atoms with Gasteiger partial charge in [-0.05, 0) is 37.6 Å². The Balaban J connectivity index is 1.65. The van der Waals surface area contributed by atoms with E-state index in [-0.39, 0.29) is 6.04 Å². The Morgan fingerprint density at radius 2 is 2.08 bits per heavy atom. The average molecular weight is 322 g/mol. The summed E-state index contributed by atoms with van der Waals surface area (Å²) in [5.74, 6) is 1.60. The SMILES string of the molecule is CN=C(NCc1ncccc1C)NC(C)c1cc2ccccc2o1. The van der Waals surface area contributed by atoms with E-state index in [4.69, 9.17) is 4.42 Å². The molecule has 0 aliphatic heterocycles. The van der Waals surface area contributed by atoms with Gasteiger partial charge >= 0.3 is 0 Å². The highest BCUT2D eigenvalue weighted by molar-refractivity contribution is 5.81. The summed E-state index contributed by atoms with van der Waals surface area (Å²) in [5, 5.41) is 7.75. The summed E-state index contributed by atoms with van der Waals surface area (Å²) in [6, 6.07) is 14.1. The number of para-hydroxylation sites is 1. The predicted octanol–water partition coefficient (Wildman–Crippen LogP) is 3.56. The Morgan fingerprint density at radius 1 is 1.25 bits per heavy atom. The third-order valence-electron chi connectivity index (χ3n) is 3.99. The van der Waals surface area contributed by atoms with Gasteiger partial charge in [0.1, 0.15) is 11.3 Å². The van der Waals surface area contributed by atoms with Crippen molar-refractivity contribution in [2.24, 2.45) is 4.99 Å². The van der Waals surface area contributed by atoms with Crippen LogP contribution in [0.2, 0.25) is 0 Å². The van der Waals surface area contributed by atoms with Crippen molar-refractivity contribution in [1.82, 2.24) is 15.6 Å². The van der Waals surface area contributed by atoms with Crippen molar-refractivity contribution in [2.75, 3.05) is 7.05 Å². The smallest absolute Gasteiger partial charge is 0.191 e. The molecule has 3 rings (SSSR count). The van der Waals surface area contributed by atoms with Crippen LogP contribution < -0.4 is 10.6 Å². The lowest BCUT2D eigenvalue weighted by molar-refractivity contribution is 0.488. The summed E-state index contributed by atoms with van der Waals surface area (Å²) in [4.78, 5) is 8.66. The van der Waals surface area contributed by atoms with Crippen LogP contribution in [0.4, 0.5) is 0 Å². The summed E-state index contributed by atoms with van der Waals surface area (Å²) in [6.45, 7) is 4.73. The number of nitrogens with zero attached hydrogens (tertiary/aromatic N) is 2. The maximum Gasteiger partial charge on any atom is 0.191 e. The van der Waals surface area contributed by atoms with E-state index in [1.807, 2.05) is 30.3 Å². The maximum absolute atomic E-state index is 5.90. The van der Waals surface area contributed by atoms with Crippen LogP contribution in [-0.4, -0.2) is 18.0 Å². The fourth-order valence-corrected chi connectivity index (χ4v) is 2.56. The summed E-state index contributed by atoms with van der Waals surface area (Å²) in [7, 11) is 1.76. The Bertz CT molecular complexity index is 820. The highest BCUT2D eigenvalue weighted by Gasteiger charge is 2.13. The Hall–Kier alpha value is -2.82. The lowest BCUT2D eigenvalue weighted by Gasteiger charge is -2.16. The second-order valence-electron chi connectivity index (χ2n) is 5.75. The number of nitrogens with one attached hydrogen (secondary N) is 2. The maximum atomic E-state index is 5.90. The molecule has 0 aliphatic rings. The van der Waals surface area contributed by atoms with Gasteiger partial charge in [0.2, 0.25) is 0 Å². The lowest BCUT2D eigenvalue weighted by Crippen LogP contribution is -2.38. The number of hydrogen-bond acceptors (Lipinski definition) is 3. The highest BCUT2D eigenvalue weighted by atomic mass is 16.3. The zero-order valence-electron chi connectivity index (χ0n) is 14.2. The van der Waals surface area contributed by atoms with Gasteiger partial charge in [0, 0.05) is 18.6 Å². The van der Waals surface area contributed by atoms with Crippen LogP contribution in [0.1, 0.15) is 30.0 Å². The van der Waals surface area contributed by atoms with Crippen molar-refractivity contribution >= 4 is 16.9 Å².